The van der Waals surface area contributed by atoms with Gasteiger partial charge in [0, 0.05) is 6.54 Å². The minimum absolute atomic E-state index is 0.0355. The van der Waals surface area contributed by atoms with Crippen LogP contribution >= 0.6 is 0 Å². The summed E-state index contributed by atoms with van der Waals surface area (Å²) in [5.74, 6) is 0. The molecule has 6 heteroatoms. The van der Waals surface area contributed by atoms with Gasteiger partial charge < -0.3 is 10.6 Å². The van der Waals surface area contributed by atoms with E-state index >= 15 is 0 Å². The van der Waals surface area contributed by atoms with Gasteiger partial charge >= 0.3 is 12.2 Å². The highest BCUT2D eigenvalue weighted by atomic mass is 19.4. The minimum atomic E-state index is -4.36. The SMILES string of the molecule is CC1(CNC(=O)NCC(F)(F)F)CCCCC1. The molecule has 0 saturated heterocycles. The number of alkyl halides is 3. The largest absolute Gasteiger partial charge is 0.405 e. The van der Waals surface area contributed by atoms with E-state index in [0.29, 0.717) is 6.54 Å². The Morgan fingerprint density at radius 1 is 1.18 bits per heavy atom. The van der Waals surface area contributed by atoms with E-state index in [1.54, 1.807) is 5.32 Å². The molecule has 17 heavy (non-hydrogen) atoms. The predicted molar refractivity (Wildman–Crippen MR) is 58.6 cm³/mol. The van der Waals surface area contributed by atoms with Crippen LogP contribution in [0.5, 0.6) is 0 Å². The van der Waals surface area contributed by atoms with Crippen LogP contribution in [0.2, 0.25) is 0 Å². The zero-order valence-corrected chi connectivity index (χ0v) is 9.99. The molecule has 100 valence electrons. The summed E-state index contributed by atoms with van der Waals surface area (Å²) >= 11 is 0. The molecule has 0 aliphatic heterocycles. The van der Waals surface area contributed by atoms with Crippen LogP contribution in [0.3, 0.4) is 0 Å². The maximum atomic E-state index is 11.8. The Morgan fingerprint density at radius 3 is 2.29 bits per heavy atom. The summed E-state index contributed by atoms with van der Waals surface area (Å²) in [6.45, 7) is 1.22. The number of urea groups is 1. The van der Waals surface area contributed by atoms with E-state index in [4.69, 9.17) is 0 Å². The van der Waals surface area contributed by atoms with Gasteiger partial charge in [0.25, 0.3) is 0 Å². The lowest BCUT2D eigenvalue weighted by Gasteiger charge is -2.33. The average Bonchev–Trinajstić information content (AvgIpc) is 2.24. The summed E-state index contributed by atoms with van der Waals surface area (Å²) in [4.78, 5) is 11.2. The fourth-order valence-electron chi connectivity index (χ4n) is 2.12. The average molecular weight is 252 g/mol. The Balaban J connectivity index is 2.23. The summed E-state index contributed by atoms with van der Waals surface area (Å²) in [7, 11) is 0. The topological polar surface area (TPSA) is 41.1 Å². The number of hydrogen-bond donors (Lipinski definition) is 2. The first kappa shape index (κ1) is 14.1. The van der Waals surface area contributed by atoms with Crippen LogP contribution < -0.4 is 10.6 Å². The number of halogens is 3. The van der Waals surface area contributed by atoms with Crippen molar-refractivity contribution < 1.29 is 18.0 Å². The Kier molecular flexibility index (Phi) is 4.65. The Labute approximate surface area is 99.1 Å². The van der Waals surface area contributed by atoms with Crippen LogP contribution in [0.25, 0.3) is 0 Å². The summed E-state index contributed by atoms with van der Waals surface area (Å²) in [5.41, 5.74) is 0.0355. The van der Waals surface area contributed by atoms with E-state index in [1.807, 2.05) is 0 Å². The molecule has 0 aromatic rings. The molecule has 0 unspecified atom stereocenters. The van der Waals surface area contributed by atoms with E-state index in [9.17, 15) is 18.0 Å². The summed E-state index contributed by atoms with van der Waals surface area (Å²) in [5, 5.41) is 4.32. The van der Waals surface area contributed by atoms with Crippen molar-refractivity contribution in [3.05, 3.63) is 0 Å². The van der Waals surface area contributed by atoms with Crippen LogP contribution in [0.4, 0.5) is 18.0 Å². The van der Waals surface area contributed by atoms with Gasteiger partial charge in [0.05, 0.1) is 0 Å². The smallest absolute Gasteiger partial charge is 0.338 e. The van der Waals surface area contributed by atoms with Crippen molar-refractivity contribution in [2.75, 3.05) is 13.1 Å². The molecule has 3 nitrogen and oxygen atoms in total. The lowest BCUT2D eigenvalue weighted by molar-refractivity contribution is -0.122. The molecule has 1 aliphatic rings. The third-order valence-corrected chi connectivity index (χ3v) is 3.19. The molecular formula is C11H19F3N2O. The summed E-state index contributed by atoms with van der Waals surface area (Å²) in [6.07, 6.45) is 1.14. The van der Waals surface area contributed by atoms with Gasteiger partial charge in [0.1, 0.15) is 6.54 Å². The molecule has 0 aromatic carbocycles. The molecule has 0 radical (unpaired) electrons. The fraction of sp³-hybridized carbons (Fsp3) is 0.909. The van der Waals surface area contributed by atoms with Crippen molar-refractivity contribution in [1.82, 2.24) is 10.6 Å². The highest BCUT2D eigenvalue weighted by Gasteiger charge is 2.29. The molecule has 1 rings (SSSR count). The number of carbonyl (C=O) groups excluding carboxylic acids is 1. The number of rotatable bonds is 3. The molecule has 0 heterocycles. The van der Waals surface area contributed by atoms with Crippen LogP contribution in [0, 0.1) is 5.41 Å². The molecule has 2 N–H and O–H groups in total. The molecule has 1 saturated carbocycles. The molecule has 2 amide bonds. The van der Waals surface area contributed by atoms with Gasteiger partial charge in [0.2, 0.25) is 0 Å². The molecular weight excluding hydrogens is 233 g/mol. The standard InChI is InChI=1S/C11H19F3N2O/c1-10(5-3-2-4-6-10)7-15-9(17)16-8-11(12,13)14/h2-8H2,1H3,(H2,15,16,17). The van der Waals surface area contributed by atoms with Crippen molar-refractivity contribution in [2.24, 2.45) is 5.41 Å². The first-order valence-electron chi connectivity index (χ1n) is 5.89. The quantitative estimate of drug-likeness (QED) is 0.796. The van der Waals surface area contributed by atoms with Crippen LogP contribution in [-0.4, -0.2) is 25.3 Å². The van der Waals surface area contributed by atoms with E-state index in [1.165, 1.54) is 6.42 Å². The number of amides is 2. The lowest BCUT2D eigenvalue weighted by atomic mass is 9.76. The maximum Gasteiger partial charge on any atom is 0.405 e. The van der Waals surface area contributed by atoms with Crippen molar-refractivity contribution >= 4 is 6.03 Å². The third kappa shape index (κ3) is 5.79. The van der Waals surface area contributed by atoms with E-state index in [-0.39, 0.29) is 5.41 Å². The monoisotopic (exact) mass is 252 g/mol. The second-order valence-corrected chi connectivity index (χ2v) is 5.02. The van der Waals surface area contributed by atoms with Crippen LogP contribution in [0.1, 0.15) is 39.0 Å². The normalized spacial score (nSPS) is 19.8. The van der Waals surface area contributed by atoms with E-state index in [2.05, 4.69) is 12.2 Å². The van der Waals surface area contributed by atoms with Crippen molar-refractivity contribution in [3.8, 4) is 0 Å². The molecule has 0 bridgehead atoms. The molecule has 0 spiro atoms. The highest BCUT2D eigenvalue weighted by molar-refractivity contribution is 5.73. The predicted octanol–water partition coefficient (Wildman–Crippen LogP) is 2.82. The van der Waals surface area contributed by atoms with Crippen LogP contribution in [-0.2, 0) is 0 Å². The van der Waals surface area contributed by atoms with E-state index in [0.717, 1.165) is 25.7 Å². The van der Waals surface area contributed by atoms with Gasteiger partial charge in [-0.25, -0.2) is 4.79 Å². The molecule has 0 atom stereocenters. The van der Waals surface area contributed by atoms with Gasteiger partial charge in [0.15, 0.2) is 0 Å². The van der Waals surface area contributed by atoms with Crippen LogP contribution in [0.15, 0.2) is 0 Å². The third-order valence-electron chi connectivity index (χ3n) is 3.19. The molecule has 1 fully saturated rings. The maximum absolute atomic E-state index is 11.8. The number of carbonyl (C=O) groups is 1. The molecule has 0 aromatic heterocycles. The Morgan fingerprint density at radius 2 is 1.76 bits per heavy atom. The van der Waals surface area contributed by atoms with Crippen molar-refractivity contribution in [1.29, 1.82) is 0 Å². The zero-order chi connectivity index (χ0) is 12.9. The highest BCUT2D eigenvalue weighted by Crippen LogP contribution is 2.34. The zero-order valence-electron chi connectivity index (χ0n) is 9.99. The first-order chi connectivity index (χ1) is 7.81. The fourth-order valence-corrected chi connectivity index (χ4v) is 2.12. The Hall–Kier alpha value is -0.940. The minimum Gasteiger partial charge on any atom is -0.338 e. The second kappa shape index (κ2) is 5.60. The summed E-state index contributed by atoms with van der Waals surface area (Å²) < 4.78 is 35.5. The second-order valence-electron chi connectivity index (χ2n) is 5.02. The van der Waals surface area contributed by atoms with Crippen molar-refractivity contribution in [2.45, 2.75) is 45.2 Å². The number of nitrogens with one attached hydrogen (secondary N) is 2. The van der Waals surface area contributed by atoms with Gasteiger partial charge in [-0.1, -0.05) is 26.2 Å². The van der Waals surface area contributed by atoms with E-state index < -0.39 is 18.8 Å². The van der Waals surface area contributed by atoms with Gasteiger partial charge in [-0.05, 0) is 18.3 Å². The number of hydrogen-bond acceptors (Lipinski definition) is 1. The van der Waals surface area contributed by atoms with Gasteiger partial charge in [-0.2, -0.15) is 13.2 Å². The van der Waals surface area contributed by atoms with Crippen molar-refractivity contribution in [3.63, 3.8) is 0 Å². The first-order valence-corrected chi connectivity index (χ1v) is 5.89. The van der Waals surface area contributed by atoms with Gasteiger partial charge in [-0.15, -0.1) is 0 Å². The lowest BCUT2D eigenvalue weighted by Crippen LogP contribution is -2.45. The Bertz CT molecular complexity index is 260. The molecule has 1 aliphatic carbocycles. The van der Waals surface area contributed by atoms with Gasteiger partial charge in [-0.3, -0.25) is 0 Å². The summed E-state index contributed by atoms with van der Waals surface area (Å²) in [6, 6.07) is -0.742.